The van der Waals surface area contributed by atoms with Gasteiger partial charge in [-0.1, -0.05) is 62.7 Å². The van der Waals surface area contributed by atoms with Crippen LogP contribution in [-0.4, -0.2) is 210 Å². The molecule has 1 aliphatic rings. The number of carboxylic acids is 1. The summed E-state index contributed by atoms with van der Waals surface area (Å²) in [6.07, 6.45) is 0.925. The molecule has 31 N–H and O–H groups in total. The number of nitrogens with one attached hydrogen (secondary N) is 9. The zero-order valence-corrected chi connectivity index (χ0v) is 56.8. The third-order valence-corrected chi connectivity index (χ3v) is 16.2. The van der Waals surface area contributed by atoms with Gasteiger partial charge in [0.25, 0.3) is 0 Å². The fourth-order valence-corrected chi connectivity index (χ4v) is 10.5. The van der Waals surface area contributed by atoms with Gasteiger partial charge in [0.15, 0.2) is 17.9 Å². The molecular formula is C63H103N23O14. The van der Waals surface area contributed by atoms with Crippen molar-refractivity contribution in [1.82, 2.24) is 52.8 Å². The first-order valence-corrected chi connectivity index (χ1v) is 33.1. The number of unbranched alkanes of at least 4 members (excludes halogenated alkanes) is 1. The summed E-state index contributed by atoms with van der Waals surface area (Å²) in [7, 11) is 0. The van der Waals surface area contributed by atoms with Crippen LogP contribution in [0.15, 0.2) is 69.6 Å². The van der Waals surface area contributed by atoms with Gasteiger partial charge < -0.3 is 120 Å². The molecule has 554 valence electrons. The fraction of sp³-hybridized carbons (Fsp3) is 0.571. The van der Waals surface area contributed by atoms with Gasteiger partial charge in [-0.15, -0.1) is 0 Å². The molecule has 1 saturated heterocycles. The van der Waals surface area contributed by atoms with E-state index in [0.29, 0.717) is 43.4 Å². The molecule has 0 saturated carbocycles. The van der Waals surface area contributed by atoms with E-state index in [2.05, 4.69) is 62.8 Å². The summed E-state index contributed by atoms with van der Waals surface area (Å²) in [6.45, 7) is 4.49. The SMILES string of the molecule is CC[C@H](C)[C@H](NC(=O)[C@H](CCCN=C(N)N)NC(=O)[C@H](CCCN=C(N)N)NC(=O)C(CN)NC(=O)[C@H](Cc1ccccc1)NC(=O)[C@@H](C)NC(=O)[C@@H](CC(=O)O)NC(=O)[C@@H](N)Cc1ccc(O)cc1)C(=O)N[C@@H](CCCN=C(N)N)C(=O)N1CCC[C@H]1C(=O)N[C@@H](CCCCN)C(N)=O. The van der Waals surface area contributed by atoms with E-state index >= 15 is 0 Å². The summed E-state index contributed by atoms with van der Waals surface area (Å²) >= 11 is 0. The lowest BCUT2D eigenvalue weighted by Gasteiger charge is -2.32. The van der Waals surface area contributed by atoms with Gasteiger partial charge in [0.2, 0.25) is 65.0 Å². The summed E-state index contributed by atoms with van der Waals surface area (Å²) in [5.41, 5.74) is 58.0. The number of carbonyl (C=O) groups is 12. The van der Waals surface area contributed by atoms with Crippen LogP contribution < -0.4 is 105 Å². The number of benzene rings is 2. The second-order valence-corrected chi connectivity index (χ2v) is 24.3. The number of aliphatic carboxylic acids is 1. The van der Waals surface area contributed by atoms with Crippen LogP contribution in [0.3, 0.4) is 0 Å². The van der Waals surface area contributed by atoms with E-state index in [9.17, 15) is 67.7 Å². The average molecular weight is 1410 g/mol. The number of rotatable bonds is 45. The summed E-state index contributed by atoms with van der Waals surface area (Å²) in [4.78, 5) is 179. The van der Waals surface area contributed by atoms with Gasteiger partial charge in [0, 0.05) is 39.1 Å². The van der Waals surface area contributed by atoms with E-state index in [-0.39, 0.29) is 114 Å². The Kier molecular flexibility index (Phi) is 36.7. The molecule has 1 unspecified atom stereocenters. The maximum absolute atomic E-state index is 14.7. The number of likely N-dealkylation sites (tertiary alicyclic amines) is 1. The number of hydrogen-bond acceptors (Lipinski definition) is 19. The standard InChI is InChI=1S/C63H103N23O14/c1-4-34(2)49(59(99)81-43(19-12-28-76-63(72)73)60(100)86-29-13-20-47(86)58(98)78-40(50(67)90)16-8-9-25-64)85-54(94)42(18-11-27-75-62(70)71)79-53(93)41(17-10-26-74-61(68)69)80-57(97)46(33-65)84-56(96)44(31-36-14-6-5-7-15-36)82-51(91)35(3)77-55(95)45(32-48(88)89)83-52(92)39(66)30-37-21-23-38(87)24-22-37/h5-7,14-15,21-24,34-35,39-47,49,87H,4,8-13,16-20,25-33,64-66H2,1-3H3,(H2,67,90)(H,77,95)(H,78,98)(H,79,93)(H,80,97)(H,81,99)(H,82,91)(H,83,92)(H,84,96)(H,85,94)(H,88,89)(H4,68,69,74)(H4,70,71,75)(H4,72,73,76)/t34-,35+,39-,40-,41-,42-,43-,44-,45+,46?,47-,49-/m0/s1. The van der Waals surface area contributed by atoms with Gasteiger partial charge in [-0.3, -0.25) is 72.5 Å². The predicted octanol–water partition coefficient (Wildman–Crippen LogP) is -6.87. The Morgan fingerprint density at radius 1 is 0.520 bits per heavy atom. The largest absolute Gasteiger partial charge is 0.508 e. The van der Waals surface area contributed by atoms with Gasteiger partial charge in [0.05, 0.1) is 12.5 Å². The van der Waals surface area contributed by atoms with Crippen molar-refractivity contribution in [3.8, 4) is 5.75 Å². The van der Waals surface area contributed by atoms with Crippen LogP contribution in [-0.2, 0) is 70.4 Å². The summed E-state index contributed by atoms with van der Waals surface area (Å²) in [5.74, 6) is -12.6. The van der Waals surface area contributed by atoms with E-state index < -0.39 is 156 Å². The number of primary amides is 1. The number of carboxylic acid groups (broad SMARTS) is 1. The molecule has 1 heterocycles. The molecule has 2 aromatic rings. The molecule has 1 fully saturated rings. The number of aromatic hydroxyl groups is 1. The molecule has 0 bridgehead atoms. The van der Waals surface area contributed by atoms with Gasteiger partial charge >= 0.3 is 5.97 Å². The number of aliphatic imine (C=N–C) groups is 3. The number of phenolic OH excluding ortho intramolecular Hbond substituents is 1. The third-order valence-electron chi connectivity index (χ3n) is 16.2. The van der Waals surface area contributed by atoms with E-state index in [1.54, 1.807) is 44.2 Å². The van der Waals surface area contributed by atoms with Gasteiger partial charge in [-0.2, -0.15) is 0 Å². The molecule has 37 nitrogen and oxygen atoms in total. The number of phenols is 1. The fourth-order valence-electron chi connectivity index (χ4n) is 10.5. The second kappa shape index (κ2) is 43.8. The van der Waals surface area contributed by atoms with Crippen molar-refractivity contribution in [2.75, 3.05) is 39.3 Å². The summed E-state index contributed by atoms with van der Waals surface area (Å²) < 4.78 is 0. The number of nitrogens with two attached hydrogens (primary N) is 10. The molecular weight excluding hydrogens is 1300 g/mol. The third kappa shape index (κ3) is 30.1. The predicted molar refractivity (Wildman–Crippen MR) is 370 cm³/mol. The van der Waals surface area contributed by atoms with E-state index in [1.165, 1.54) is 36.1 Å². The zero-order chi connectivity index (χ0) is 74.6. The Balaban J connectivity index is 1.93. The minimum absolute atomic E-state index is 0.0310. The molecule has 12 atom stereocenters. The molecule has 37 heteroatoms. The Hall–Kier alpha value is -10.4. The highest BCUT2D eigenvalue weighted by molar-refractivity contribution is 6.00. The van der Waals surface area contributed by atoms with Crippen LogP contribution in [0.4, 0.5) is 0 Å². The van der Waals surface area contributed by atoms with Crippen molar-refractivity contribution < 1.29 is 67.7 Å². The maximum atomic E-state index is 14.7. The van der Waals surface area contributed by atoms with Crippen molar-refractivity contribution >= 4 is 88.8 Å². The number of amides is 11. The number of hydrogen-bond donors (Lipinski definition) is 21. The van der Waals surface area contributed by atoms with E-state index in [4.69, 9.17) is 57.3 Å². The molecule has 100 heavy (non-hydrogen) atoms. The first kappa shape index (κ1) is 83.8. The highest BCUT2D eigenvalue weighted by Gasteiger charge is 2.41. The minimum atomic E-state index is -1.72. The highest BCUT2D eigenvalue weighted by atomic mass is 16.4. The lowest BCUT2D eigenvalue weighted by atomic mass is 9.96. The first-order valence-electron chi connectivity index (χ1n) is 33.1. The molecule has 0 spiro atoms. The average Bonchev–Trinajstić information content (AvgIpc) is 1.53. The van der Waals surface area contributed by atoms with Crippen LogP contribution in [0.25, 0.3) is 0 Å². The number of carbonyl (C=O) groups excluding carboxylic acids is 11. The Labute approximate surface area is 579 Å². The topological polar surface area (TPSA) is 654 Å². The normalized spacial score (nSPS) is 15.8. The van der Waals surface area contributed by atoms with Gasteiger partial charge in [0.1, 0.15) is 66.2 Å². The zero-order valence-electron chi connectivity index (χ0n) is 56.8. The summed E-state index contributed by atoms with van der Waals surface area (Å²) in [5, 5.41) is 42.4. The van der Waals surface area contributed by atoms with Crippen molar-refractivity contribution in [1.29, 1.82) is 0 Å². The molecule has 0 aromatic heterocycles. The monoisotopic (exact) mass is 1410 g/mol. The smallest absolute Gasteiger partial charge is 0.305 e. The van der Waals surface area contributed by atoms with Crippen LogP contribution in [0.1, 0.15) is 115 Å². The van der Waals surface area contributed by atoms with Crippen LogP contribution in [0, 0.1) is 5.92 Å². The Morgan fingerprint density at radius 3 is 1.51 bits per heavy atom. The second-order valence-electron chi connectivity index (χ2n) is 24.3. The van der Waals surface area contributed by atoms with Crippen molar-refractivity contribution in [2.24, 2.45) is 78.2 Å². The van der Waals surface area contributed by atoms with E-state index in [1.807, 2.05) is 0 Å². The molecule has 1 aliphatic heterocycles. The highest BCUT2D eigenvalue weighted by Crippen LogP contribution is 2.22. The Bertz CT molecular complexity index is 3150. The lowest BCUT2D eigenvalue weighted by molar-refractivity contribution is -0.142. The quantitative estimate of drug-likeness (QED) is 0.0166. The van der Waals surface area contributed by atoms with Gasteiger partial charge in [-0.05, 0) is 120 Å². The molecule has 0 radical (unpaired) electrons. The minimum Gasteiger partial charge on any atom is -0.508 e. The first-order chi connectivity index (χ1) is 47.4. The van der Waals surface area contributed by atoms with Crippen LogP contribution in [0.2, 0.25) is 0 Å². The number of guanidine groups is 3. The Morgan fingerprint density at radius 2 is 0.990 bits per heavy atom. The lowest BCUT2D eigenvalue weighted by Crippen LogP contribution is -2.62. The van der Waals surface area contributed by atoms with Gasteiger partial charge in [-0.25, -0.2) is 0 Å². The van der Waals surface area contributed by atoms with Crippen LogP contribution in [0.5, 0.6) is 5.75 Å². The summed E-state index contributed by atoms with van der Waals surface area (Å²) in [6, 6.07) is -1.28. The van der Waals surface area contributed by atoms with E-state index in [0.717, 1.165) is 0 Å². The molecule has 2 aromatic carbocycles. The molecule has 11 amide bonds. The maximum Gasteiger partial charge on any atom is 0.305 e. The van der Waals surface area contributed by atoms with Crippen molar-refractivity contribution in [3.05, 3.63) is 65.7 Å². The van der Waals surface area contributed by atoms with Crippen LogP contribution >= 0.6 is 0 Å². The number of nitrogens with zero attached hydrogens (tertiary/aromatic N) is 4. The molecule has 3 rings (SSSR count). The van der Waals surface area contributed by atoms with Crippen molar-refractivity contribution in [3.63, 3.8) is 0 Å². The molecule has 0 aliphatic carbocycles. The van der Waals surface area contributed by atoms with Crippen molar-refractivity contribution in [2.45, 2.75) is 184 Å².